The molecule has 2 rings (SSSR count). The van der Waals surface area contributed by atoms with E-state index in [9.17, 15) is 4.39 Å². The first-order chi connectivity index (χ1) is 9.19. The standard InChI is InChI=1S/C15H23FN2O/c1-18(10-8-17-14-4-5-14)9-7-12-11-13(16)3-6-15(12)19-2/h3,6,11,14,17H,4-5,7-10H2,1-2H3. The van der Waals surface area contributed by atoms with E-state index < -0.39 is 0 Å². The number of ether oxygens (including phenoxy) is 1. The van der Waals surface area contributed by atoms with Gasteiger partial charge in [0, 0.05) is 25.7 Å². The van der Waals surface area contributed by atoms with E-state index >= 15 is 0 Å². The molecule has 1 aromatic carbocycles. The molecule has 1 N–H and O–H groups in total. The summed E-state index contributed by atoms with van der Waals surface area (Å²) in [6.07, 6.45) is 3.45. The topological polar surface area (TPSA) is 24.5 Å². The van der Waals surface area contributed by atoms with Gasteiger partial charge in [-0.2, -0.15) is 0 Å². The van der Waals surface area contributed by atoms with Crippen molar-refractivity contribution in [1.82, 2.24) is 10.2 Å². The second-order valence-corrected chi connectivity index (χ2v) is 5.24. The van der Waals surface area contributed by atoms with Crippen LogP contribution in [0, 0.1) is 5.82 Å². The summed E-state index contributed by atoms with van der Waals surface area (Å²) in [7, 11) is 3.72. The zero-order valence-electron chi connectivity index (χ0n) is 11.8. The molecule has 1 aliphatic carbocycles. The van der Waals surface area contributed by atoms with Crippen LogP contribution >= 0.6 is 0 Å². The van der Waals surface area contributed by atoms with E-state index in [1.165, 1.54) is 18.9 Å². The summed E-state index contributed by atoms with van der Waals surface area (Å²) in [5, 5.41) is 3.49. The number of nitrogens with one attached hydrogen (secondary N) is 1. The van der Waals surface area contributed by atoms with Crippen molar-refractivity contribution in [1.29, 1.82) is 0 Å². The third-order valence-corrected chi connectivity index (χ3v) is 3.51. The second-order valence-electron chi connectivity index (χ2n) is 5.24. The average molecular weight is 266 g/mol. The predicted octanol–water partition coefficient (Wildman–Crippen LogP) is 2.06. The fraction of sp³-hybridized carbons (Fsp3) is 0.600. The normalized spacial score (nSPS) is 14.9. The molecular weight excluding hydrogens is 243 g/mol. The molecule has 0 atom stereocenters. The quantitative estimate of drug-likeness (QED) is 0.779. The Morgan fingerprint density at radius 3 is 2.84 bits per heavy atom. The van der Waals surface area contributed by atoms with Crippen molar-refractivity contribution in [2.24, 2.45) is 0 Å². The highest BCUT2D eigenvalue weighted by molar-refractivity contribution is 5.34. The molecule has 0 unspecified atom stereocenters. The van der Waals surface area contributed by atoms with Gasteiger partial charge in [-0.25, -0.2) is 4.39 Å². The van der Waals surface area contributed by atoms with Crippen LogP contribution in [0.15, 0.2) is 18.2 Å². The molecule has 1 aromatic rings. The zero-order valence-corrected chi connectivity index (χ0v) is 11.8. The predicted molar refractivity (Wildman–Crippen MR) is 75.2 cm³/mol. The Bertz CT molecular complexity index is 407. The molecule has 1 saturated carbocycles. The number of hydrogen-bond donors (Lipinski definition) is 1. The summed E-state index contributed by atoms with van der Waals surface area (Å²) < 4.78 is 18.5. The summed E-state index contributed by atoms with van der Waals surface area (Å²) in [6, 6.07) is 5.46. The molecule has 0 aliphatic heterocycles. The molecule has 106 valence electrons. The maximum absolute atomic E-state index is 13.2. The van der Waals surface area contributed by atoms with Gasteiger partial charge in [0.25, 0.3) is 0 Å². The molecule has 1 fully saturated rings. The van der Waals surface area contributed by atoms with Gasteiger partial charge in [-0.3, -0.25) is 0 Å². The molecule has 0 amide bonds. The van der Waals surface area contributed by atoms with Crippen molar-refractivity contribution in [3.8, 4) is 5.75 Å². The molecule has 0 aromatic heterocycles. The molecule has 0 saturated heterocycles. The number of rotatable bonds is 8. The first-order valence-electron chi connectivity index (χ1n) is 6.93. The van der Waals surface area contributed by atoms with E-state index in [4.69, 9.17) is 4.74 Å². The minimum Gasteiger partial charge on any atom is -0.496 e. The summed E-state index contributed by atoms with van der Waals surface area (Å²) >= 11 is 0. The van der Waals surface area contributed by atoms with Gasteiger partial charge in [-0.15, -0.1) is 0 Å². The highest BCUT2D eigenvalue weighted by atomic mass is 19.1. The fourth-order valence-corrected chi connectivity index (χ4v) is 2.11. The monoisotopic (exact) mass is 266 g/mol. The minimum absolute atomic E-state index is 0.200. The van der Waals surface area contributed by atoms with Crippen LogP contribution in [0.3, 0.4) is 0 Å². The van der Waals surface area contributed by atoms with Crippen LogP contribution in [0.25, 0.3) is 0 Å². The molecule has 0 radical (unpaired) electrons. The van der Waals surface area contributed by atoms with Gasteiger partial charge in [-0.05, 0) is 50.1 Å². The maximum Gasteiger partial charge on any atom is 0.123 e. The van der Waals surface area contributed by atoms with Crippen LogP contribution in [-0.2, 0) is 6.42 Å². The molecular formula is C15H23FN2O. The SMILES string of the molecule is COc1ccc(F)cc1CCN(C)CCNC1CC1. The third-order valence-electron chi connectivity index (χ3n) is 3.51. The molecule has 1 aliphatic rings. The van der Waals surface area contributed by atoms with Crippen LogP contribution in [-0.4, -0.2) is 44.7 Å². The number of hydrogen-bond acceptors (Lipinski definition) is 3. The minimum atomic E-state index is -0.200. The highest BCUT2D eigenvalue weighted by Crippen LogP contribution is 2.20. The Morgan fingerprint density at radius 2 is 2.16 bits per heavy atom. The van der Waals surface area contributed by atoms with E-state index in [1.54, 1.807) is 19.2 Å². The van der Waals surface area contributed by atoms with Crippen LogP contribution in [0.2, 0.25) is 0 Å². The molecule has 0 heterocycles. The highest BCUT2D eigenvalue weighted by Gasteiger charge is 2.19. The lowest BCUT2D eigenvalue weighted by molar-refractivity contribution is 0.331. The van der Waals surface area contributed by atoms with Crippen molar-refractivity contribution >= 4 is 0 Å². The Balaban J connectivity index is 1.75. The Labute approximate surface area is 114 Å². The first-order valence-corrected chi connectivity index (χ1v) is 6.93. The number of nitrogens with zero attached hydrogens (tertiary/aromatic N) is 1. The third kappa shape index (κ3) is 4.80. The lowest BCUT2D eigenvalue weighted by Gasteiger charge is -2.17. The van der Waals surface area contributed by atoms with Crippen LogP contribution in [0.5, 0.6) is 5.75 Å². The molecule has 4 heteroatoms. The van der Waals surface area contributed by atoms with E-state index in [1.807, 2.05) is 0 Å². The van der Waals surface area contributed by atoms with Crippen molar-refractivity contribution in [3.05, 3.63) is 29.6 Å². The van der Waals surface area contributed by atoms with E-state index in [-0.39, 0.29) is 5.82 Å². The smallest absolute Gasteiger partial charge is 0.123 e. The molecule has 0 bridgehead atoms. The zero-order chi connectivity index (χ0) is 13.7. The van der Waals surface area contributed by atoms with Crippen molar-refractivity contribution < 1.29 is 9.13 Å². The van der Waals surface area contributed by atoms with E-state index in [2.05, 4.69) is 17.3 Å². The van der Waals surface area contributed by atoms with Gasteiger partial charge >= 0.3 is 0 Å². The fourth-order valence-electron chi connectivity index (χ4n) is 2.11. The van der Waals surface area contributed by atoms with E-state index in [0.29, 0.717) is 0 Å². The summed E-state index contributed by atoms with van der Waals surface area (Å²) in [6.45, 7) is 2.96. The summed E-state index contributed by atoms with van der Waals surface area (Å²) in [5.74, 6) is 0.569. The largest absolute Gasteiger partial charge is 0.496 e. The molecule has 0 spiro atoms. The summed E-state index contributed by atoms with van der Waals surface area (Å²) in [5.41, 5.74) is 0.935. The lowest BCUT2D eigenvalue weighted by Crippen LogP contribution is -2.31. The first kappa shape index (κ1) is 14.3. The number of likely N-dealkylation sites (N-methyl/N-ethyl adjacent to an activating group) is 1. The average Bonchev–Trinajstić information content (AvgIpc) is 3.20. The lowest BCUT2D eigenvalue weighted by atomic mass is 10.1. The number of halogens is 1. The van der Waals surface area contributed by atoms with Gasteiger partial charge in [0.1, 0.15) is 11.6 Å². The van der Waals surface area contributed by atoms with Gasteiger partial charge in [-0.1, -0.05) is 0 Å². The Hall–Kier alpha value is -1.13. The second kappa shape index (κ2) is 6.87. The maximum atomic E-state index is 13.2. The van der Waals surface area contributed by atoms with E-state index in [0.717, 1.165) is 43.4 Å². The Kier molecular flexibility index (Phi) is 5.16. The number of benzene rings is 1. The van der Waals surface area contributed by atoms with Crippen molar-refractivity contribution in [3.63, 3.8) is 0 Å². The van der Waals surface area contributed by atoms with Gasteiger partial charge in [0.2, 0.25) is 0 Å². The van der Waals surface area contributed by atoms with Crippen molar-refractivity contribution in [2.75, 3.05) is 33.8 Å². The number of methoxy groups -OCH3 is 1. The van der Waals surface area contributed by atoms with Gasteiger partial charge < -0.3 is 15.0 Å². The van der Waals surface area contributed by atoms with Crippen LogP contribution in [0.4, 0.5) is 4.39 Å². The van der Waals surface area contributed by atoms with Gasteiger partial charge in [0.05, 0.1) is 7.11 Å². The summed E-state index contributed by atoms with van der Waals surface area (Å²) in [4.78, 5) is 2.26. The van der Waals surface area contributed by atoms with Gasteiger partial charge in [0.15, 0.2) is 0 Å². The van der Waals surface area contributed by atoms with Crippen LogP contribution < -0.4 is 10.1 Å². The van der Waals surface area contributed by atoms with Crippen LogP contribution in [0.1, 0.15) is 18.4 Å². The Morgan fingerprint density at radius 1 is 1.37 bits per heavy atom. The van der Waals surface area contributed by atoms with Crippen molar-refractivity contribution in [2.45, 2.75) is 25.3 Å². The molecule has 3 nitrogen and oxygen atoms in total. The molecule has 19 heavy (non-hydrogen) atoms.